The smallest absolute Gasteiger partial charge is 0.336 e. The van der Waals surface area contributed by atoms with Crippen molar-refractivity contribution in [2.75, 3.05) is 0 Å². The van der Waals surface area contributed by atoms with Gasteiger partial charge in [-0.15, -0.1) is 0 Å². The SMILES string of the molecule is O=C(O)C1=CC=C2C1=CCC1C2CCC2CCCCC21. The standard InChI is InChI=1S/C18H22O2/c19-18(20)17-10-9-15-14-6-5-11-3-1-2-4-12(11)13(14)7-8-16(15)17/h8-14H,1-7H2,(H,19,20). The first-order valence-corrected chi connectivity index (χ1v) is 8.12. The van der Waals surface area contributed by atoms with Gasteiger partial charge < -0.3 is 5.11 Å². The molecular weight excluding hydrogens is 248 g/mol. The van der Waals surface area contributed by atoms with Gasteiger partial charge in [0.2, 0.25) is 0 Å². The van der Waals surface area contributed by atoms with Crippen LogP contribution in [0, 0.1) is 23.7 Å². The van der Waals surface area contributed by atoms with Crippen molar-refractivity contribution in [3.63, 3.8) is 0 Å². The molecule has 0 bridgehead atoms. The molecule has 0 spiro atoms. The van der Waals surface area contributed by atoms with Gasteiger partial charge in [0.05, 0.1) is 5.57 Å². The van der Waals surface area contributed by atoms with Crippen LogP contribution in [-0.2, 0) is 4.79 Å². The Kier molecular flexibility index (Phi) is 2.87. The van der Waals surface area contributed by atoms with Gasteiger partial charge in [0.15, 0.2) is 0 Å². The van der Waals surface area contributed by atoms with Gasteiger partial charge >= 0.3 is 5.97 Å². The molecule has 4 aliphatic carbocycles. The molecule has 4 rings (SSSR count). The van der Waals surface area contributed by atoms with Gasteiger partial charge in [-0.25, -0.2) is 4.79 Å². The van der Waals surface area contributed by atoms with E-state index in [4.69, 9.17) is 0 Å². The van der Waals surface area contributed by atoms with Crippen LogP contribution >= 0.6 is 0 Å². The van der Waals surface area contributed by atoms with E-state index in [0.29, 0.717) is 11.5 Å². The highest BCUT2D eigenvalue weighted by Crippen LogP contribution is 2.54. The van der Waals surface area contributed by atoms with Crippen molar-refractivity contribution in [3.8, 4) is 0 Å². The van der Waals surface area contributed by atoms with Crippen molar-refractivity contribution in [3.05, 3.63) is 34.9 Å². The Balaban J connectivity index is 1.64. The third-order valence-corrected chi connectivity index (χ3v) is 6.14. The van der Waals surface area contributed by atoms with Crippen LogP contribution in [0.15, 0.2) is 34.9 Å². The molecule has 0 saturated heterocycles. The van der Waals surface area contributed by atoms with Gasteiger partial charge in [0.1, 0.15) is 0 Å². The Morgan fingerprint density at radius 3 is 2.75 bits per heavy atom. The molecule has 0 aliphatic heterocycles. The summed E-state index contributed by atoms with van der Waals surface area (Å²) in [4.78, 5) is 11.3. The molecule has 2 nitrogen and oxygen atoms in total. The molecular formula is C18H22O2. The van der Waals surface area contributed by atoms with Crippen LogP contribution < -0.4 is 0 Å². The molecule has 4 unspecified atom stereocenters. The zero-order valence-electron chi connectivity index (χ0n) is 11.8. The third-order valence-electron chi connectivity index (χ3n) is 6.14. The van der Waals surface area contributed by atoms with Crippen LogP contribution in [0.3, 0.4) is 0 Å². The third kappa shape index (κ3) is 1.73. The van der Waals surface area contributed by atoms with E-state index in [9.17, 15) is 9.90 Å². The molecule has 106 valence electrons. The molecule has 2 heteroatoms. The predicted octanol–water partition coefficient (Wildman–Crippen LogP) is 4.10. The number of allylic oxidation sites excluding steroid dienone is 4. The van der Waals surface area contributed by atoms with Crippen molar-refractivity contribution in [2.24, 2.45) is 23.7 Å². The molecule has 0 heterocycles. The summed E-state index contributed by atoms with van der Waals surface area (Å²) in [7, 11) is 0. The Morgan fingerprint density at radius 1 is 1.05 bits per heavy atom. The van der Waals surface area contributed by atoms with Crippen LogP contribution in [-0.4, -0.2) is 11.1 Å². The van der Waals surface area contributed by atoms with Gasteiger partial charge in [-0.05, 0) is 66.6 Å². The minimum Gasteiger partial charge on any atom is -0.478 e. The second-order valence-corrected chi connectivity index (χ2v) is 6.92. The fraction of sp³-hybridized carbons (Fsp3) is 0.611. The molecule has 2 fully saturated rings. The van der Waals surface area contributed by atoms with Crippen LogP contribution in [0.5, 0.6) is 0 Å². The Labute approximate surface area is 120 Å². The number of fused-ring (bicyclic) bond motifs is 5. The first-order chi connectivity index (χ1) is 9.75. The maximum atomic E-state index is 11.3. The second kappa shape index (κ2) is 4.61. The molecule has 2 saturated carbocycles. The van der Waals surface area contributed by atoms with Crippen molar-refractivity contribution < 1.29 is 9.90 Å². The number of hydrogen-bond acceptors (Lipinski definition) is 1. The molecule has 0 aromatic heterocycles. The highest BCUT2D eigenvalue weighted by molar-refractivity contribution is 5.95. The van der Waals surface area contributed by atoms with Gasteiger partial charge in [-0.1, -0.05) is 31.4 Å². The molecule has 4 aliphatic rings. The van der Waals surface area contributed by atoms with E-state index < -0.39 is 5.97 Å². The summed E-state index contributed by atoms with van der Waals surface area (Å²) in [5.41, 5.74) is 2.89. The summed E-state index contributed by atoms with van der Waals surface area (Å²) >= 11 is 0. The molecule has 0 aromatic rings. The summed E-state index contributed by atoms with van der Waals surface area (Å²) < 4.78 is 0. The van der Waals surface area contributed by atoms with Crippen molar-refractivity contribution in [1.82, 2.24) is 0 Å². The van der Waals surface area contributed by atoms with Crippen LogP contribution in [0.1, 0.15) is 44.9 Å². The van der Waals surface area contributed by atoms with Gasteiger partial charge in [-0.2, -0.15) is 0 Å². The average molecular weight is 270 g/mol. The summed E-state index contributed by atoms with van der Waals surface area (Å²) in [6, 6.07) is 0. The lowest BCUT2D eigenvalue weighted by Crippen LogP contribution is -2.38. The molecule has 0 aromatic carbocycles. The minimum absolute atomic E-state index is 0.518. The van der Waals surface area contributed by atoms with Gasteiger partial charge in [0.25, 0.3) is 0 Å². The predicted molar refractivity (Wildman–Crippen MR) is 78.2 cm³/mol. The van der Waals surface area contributed by atoms with E-state index in [1.807, 2.05) is 6.08 Å². The summed E-state index contributed by atoms with van der Waals surface area (Å²) in [5.74, 6) is 2.49. The van der Waals surface area contributed by atoms with E-state index in [2.05, 4.69) is 12.2 Å². The minimum atomic E-state index is -0.771. The van der Waals surface area contributed by atoms with Crippen molar-refractivity contribution in [1.29, 1.82) is 0 Å². The summed E-state index contributed by atoms with van der Waals surface area (Å²) in [6.07, 6.45) is 15.5. The van der Waals surface area contributed by atoms with Crippen molar-refractivity contribution >= 4 is 5.97 Å². The van der Waals surface area contributed by atoms with E-state index in [0.717, 1.165) is 29.7 Å². The molecule has 4 atom stereocenters. The largest absolute Gasteiger partial charge is 0.478 e. The van der Waals surface area contributed by atoms with Crippen LogP contribution in [0.4, 0.5) is 0 Å². The lowest BCUT2D eigenvalue weighted by atomic mass is 9.57. The second-order valence-electron chi connectivity index (χ2n) is 6.92. The van der Waals surface area contributed by atoms with E-state index in [-0.39, 0.29) is 0 Å². The van der Waals surface area contributed by atoms with Crippen LogP contribution in [0.2, 0.25) is 0 Å². The topological polar surface area (TPSA) is 37.3 Å². The van der Waals surface area contributed by atoms with Crippen molar-refractivity contribution in [2.45, 2.75) is 44.9 Å². The fourth-order valence-electron chi connectivity index (χ4n) is 5.29. The number of aliphatic carboxylic acids is 1. The average Bonchev–Trinajstić information content (AvgIpc) is 2.91. The maximum Gasteiger partial charge on any atom is 0.336 e. The van der Waals surface area contributed by atoms with E-state index >= 15 is 0 Å². The maximum absolute atomic E-state index is 11.3. The number of carbonyl (C=O) groups is 1. The summed E-state index contributed by atoms with van der Waals surface area (Å²) in [5, 5.41) is 9.29. The lowest BCUT2D eigenvalue weighted by molar-refractivity contribution is -0.132. The first kappa shape index (κ1) is 12.4. The Hall–Kier alpha value is -1.31. The highest BCUT2D eigenvalue weighted by Gasteiger charge is 2.44. The first-order valence-electron chi connectivity index (χ1n) is 8.12. The van der Waals surface area contributed by atoms with Gasteiger partial charge in [-0.3, -0.25) is 0 Å². The zero-order valence-corrected chi connectivity index (χ0v) is 11.8. The quantitative estimate of drug-likeness (QED) is 0.779. The molecule has 20 heavy (non-hydrogen) atoms. The molecule has 1 N–H and O–H groups in total. The summed E-state index contributed by atoms with van der Waals surface area (Å²) in [6.45, 7) is 0. The van der Waals surface area contributed by atoms with Crippen LogP contribution in [0.25, 0.3) is 0 Å². The monoisotopic (exact) mass is 270 g/mol. The number of rotatable bonds is 1. The van der Waals surface area contributed by atoms with Gasteiger partial charge in [0, 0.05) is 0 Å². The van der Waals surface area contributed by atoms with E-state index in [1.54, 1.807) is 0 Å². The normalized spacial score (nSPS) is 38.9. The Morgan fingerprint density at radius 2 is 1.90 bits per heavy atom. The zero-order chi connectivity index (χ0) is 13.7. The van der Waals surface area contributed by atoms with E-state index in [1.165, 1.54) is 44.1 Å². The Bertz CT molecular complexity index is 538. The number of hydrogen-bond donors (Lipinski definition) is 1. The highest BCUT2D eigenvalue weighted by atomic mass is 16.4. The fourth-order valence-corrected chi connectivity index (χ4v) is 5.29. The molecule has 0 radical (unpaired) electrons. The number of carboxylic acids is 1. The number of carboxylic acid groups (broad SMARTS) is 1. The molecule has 0 amide bonds. The lowest BCUT2D eigenvalue weighted by Gasteiger charge is -2.48.